The monoisotopic (exact) mass is 486 g/mol. The fourth-order valence-electron chi connectivity index (χ4n) is 3.78. The average molecular weight is 487 g/mol. The molecule has 1 aliphatic heterocycles. The Hall–Kier alpha value is -3.68. The van der Waals surface area contributed by atoms with Gasteiger partial charge in [-0.25, -0.2) is 0 Å². The zero-order valence-electron chi connectivity index (χ0n) is 17.9. The molecule has 5 rings (SSSR count). The number of benzene rings is 3. The van der Waals surface area contributed by atoms with Crippen molar-refractivity contribution in [1.29, 1.82) is 0 Å². The van der Waals surface area contributed by atoms with Crippen molar-refractivity contribution in [2.24, 2.45) is 10.2 Å². The van der Waals surface area contributed by atoms with Crippen LogP contribution >= 0.6 is 23.4 Å². The Balaban J connectivity index is 1.34. The predicted molar refractivity (Wildman–Crippen MR) is 139 cm³/mol. The Bertz CT molecular complexity index is 1430. The Kier molecular flexibility index (Phi) is 6.29. The molecule has 0 saturated carbocycles. The van der Waals surface area contributed by atoms with Gasteiger partial charge in [-0.1, -0.05) is 71.9 Å². The summed E-state index contributed by atoms with van der Waals surface area (Å²) in [5.74, 6) is -0.376. The van der Waals surface area contributed by atoms with E-state index in [1.807, 2.05) is 54.6 Å². The molecule has 1 aliphatic rings. The lowest BCUT2D eigenvalue weighted by molar-refractivity contribution is -0.118. The minimum atomic E-state index is -0.551. The number of nitrogens with one attached hydrogen (secondary N) is 2. The van der Waals surface area contributed by atoms with E-state index in [2.05, 4.69) is 20.5 Å². The van der Waals surface area contributed by atoms with Crippen LogP contribution in [0.1, 0.15) is 22.3 Å². The molecule has 1 fully saturated rings. The van der Waals surface area contributed by atoms with Crippen molar-refractivity contribution in [2.75, 3.05) is 0 Å². The number of thioether (sulfide) groups is 1. The van der Waals surface area contributed by atoms with Crippen molar-refractivity contribution < 1.29 is 9.59 Å². The quantitative estimate of drug-likeness (QED) is 0.209. The summed E-state index contributed by atoms with van der Waals surface area (Å²) < 4.78 is 0. The average Bonchev–Trinajstić information content (AvgIpc) is 3.40. The Morgan fingerprint density at radius 3 is 2.53 bits per heavy atom. The van der Waals surface area contributed by atoms with E-state index < -0.39 is 5.25 Å². The van der Waals surface area contributed by atoms with Crippen molar-refractivity contribution in [1.82, 2.24) is 10.3 Å². The number of halogens is 1. The molecular formula is C26H19ClN4O2S. The van der Waals surface area contributed by atoms with E-state index in [4.69, 9.17) is 11.6 Å². The first-order valence-electron chi connectivity index (χ1n) is 10.6. The number of rotatable bonds is 6. The second-order valence-electron chi connectivity index (χ2n) is 7.70. The normalized spacial score (nSPS) is 17.0. The second kappa shape index (κ2) is 9.67. The number of carbonyl (C=O) groups is 2. The molecule has 1 unspecified atom stereocenters. The molecule has 0 aliphatic carbocycles. The fraction of sp³-hybridized carbons (Fsp3) is 0.0769. The minimum Gasteiger partial charge on any atom is -0.354 e. The highest BCUT2D eigenvalue weighted by molar-refractivity contribution is 8.15. The lowest BCUT2D eigenvalue weighted by Crippen LogP contribution is -2.26. The first-order valence-corrected chi connectivity index (χ1v) is 11.9. The van der Waals surface area contributed by atoms with Gasteiger partial charge in [-0.2, -0.15) is 5.10 Å². The zero-order valence-corrected chi connectivity index (χ0v) is 19.4. The van der Waals surface area contributed by atoms with Crippen LogP contribution in [0.15, 0.2) is 89.1 Å². The topological polar surface area (TPSA) is 86.7 Å². The number of H-pyrrole nitrogens is 1. The number of fused-ring (bicyclic) bond motifs is 1. The number of ketones is 1. The van der Waals surface area contributed by atoms with Crippen molar-refractivity contribution in [3.05, 3.63) is 95.0 Å². The molecule has 0 radical (unpaired) electrons. The van der Waals surface area contributed by atoms with Gasteiger partial charge in [0.25, 0.3) is 0 Å². The van der Waals surface area contributed by atoms with Crippen molar-refractivity contribution in [3.63, 3.8) is 0 Å². The SMILES string of the molecule is O=C(CC1S/C(=N/N=C/c2c(-c3ccccc3)[nH]c3ccccc23)NC1=O)c1ccc(Cl)cc1. The summed E-state index contributed by atoms with van der Waals surface area (Å²) >= 11 is 7.09. The Labute approximate surface area is 205 Å². The standard InChI is InChI=1S/C26H19ClN4O2S/c27-18-12-10-16(11-13-18)22(32)14-23-25(33)30-26(34-23)31-28-15-20-19-8-4-5-9-21(19)29-24(20)17-6-2-1-3-7-17/h1-13,15,23,29H,14H2,(H,30,31,33)/b28-15+. The molecule has 8 heteroatoms. The van der Waals surface area contributed by atoms with Gasteiger partial charge in [0.1, 0.15) is 0 Å². The lowest BCUT2D eigenvalue weighted by atomic mass is 10.1. The van der Waals surface area contributed by atoms with Gasteiger partial charge in [0, 0.05) is 33.5 Å². The number of hydrogen-bond acceptors (Lipinski definition) is 5. The van der Waals surface area contributed by atoms with E-state index in [0.717, 1.165) is 27.7 Å². The van der Waals surface area contributed by atoms with Crippen LogP contribution in [-0.4, -0.2) is 33.3 Å². The van der Waals surface area contributed by atoms with Gasteiger partial charge >= 0.3 is 0 Å². The fourth-order valence-corrected chi connectivity index (χ4v) is 4.83. The lowest BCUT2D eigenvalue weighted by Gasteiger charge is -2.04. The summed E-state index contributed by atoms with van der Waals surface area (Å²) in [5.41, 5.74) is 4.42. The molecule has 168 valence electrons. The third kappa shape index (κ3) is 4.66. The maximum absolute atomic E-state index is 12.5. The maximum atomic E-state index is 12.5. The van der Waals surface area contributed by atoms with E-state index >= 15 is 0 Å². The summed E-state index contributed by atoms with van der Waals surface area (Å²) in [6.45, 7) is 0. The molecule has 34 heavy (non-hydrogen) atoms. The molecule has 0 bridgehead atoms. The van der Waals surface area contributed by atoms with Gasteiger partial charge in [0.2, 0.25) is 5.91 Å². The predicted octanol–water partition coefficient (Wildman–Crippen LogP) is 5.68. The van der Waals surface area contributed by atoms with Gasteiger partial charge in [-0.3, -0.25) is 9.59 Å². The number of aromatic amines is 1. The van der Waals surface area contributed by atoms with E-state index in [-0.39, 0.29) is 18.1 Å². The number of hydrogen-bond donors (Lipinski definition) is 2. The van der Waals surface area contributed by atoms with Crippen molar-refractivity contribution in [2.45, 2.75) is 11.7 Å². The molecule has 1 saturated heterocycles. The minimum absolute atomic E-state index is 0.0709. The molecule has 2 N–H and O–H groups in total. The molecule has 2 heterocycles. The summed E-state index contributed by atoms with van der Waals surface area (Å²) in [6, 6.07) is 24.6. The summed E-state index contributed by atoms with van der Waals surface area (Å²) in [5, 5.41) is 12.6. The summed E-state index contributed by atoms with van der Waals surface area (Å²) in [7, 11) is 0. The number of nitrogens with zero attached hydrogens (tertiary/aromatic N) is 2. The summed E-state index contributed by atoms with van der Waals surface area (Å²) in [6.07, 6.45) is 1.76. The van der Waals surface area contributed by atoms with Crippen LogP contribution in [0.4, 0.5) is 0 Å². The molecule has 1 aromatic heterocycles. The van der Waals surface area contributed by atoms with Crippen LogP contribution in [0.5, 0.6) is 0 Å². The van der Waals surface area contributed by atoms with Crippen molar-refractivity contribution >= 4 is 57.3 Å². The highest BCUT2D eigenvalue weighted by Gasteiger charge is 2.32. The molecule has 3 aromatic carbocycles. The zero-order chi connectivity index (χ0) is 23.5. The largest absolute Gasteiger partial charge is 0.354 e. The van der Waals surface area contributed by atoms with Crippen molar-refractivity contribution in [3.8, 4) is 11.3 Å². The van der Waals surface area contributed by atoms with Gasteiger partial charge in [0.15, 0.2) is 11.0 Å². The van der Waals surface area contributed by atoms with Crippen LogP contribution in [-0.2, 0) is 4.79 Å². The van der Waals surface area contributed by atoms with E-state index in [1.165, 1.54) is 11.8 Å². The molecule has 6 nitrogen and oxygen atoms in total. The molecule has 4 aromatic rings. The number of amidine groups is 1. The van der Waals surface area contributed by atoms with Crippen LogP contribution in [0.2, 0.25) is 5.02 Å². The third-order valence-electron chi connectivity index (χ3n) is 5.46. The molecular weight excluding hydrogens is 468 g/mol. The number of aromatic nitrogens is 1. The van der Waals surface area contributed by atoms with E-state index in [0.29, 0.717) is 15.8 Å². The van der Waals surface area contributed by atoms with Gasteiger partial charge in [-0.15, -0.1) is 5.10 Å². The number of amides is 1. The molecule has 1 amide bonds. The van der Waals surface area contributed by atoms with Gasteiger partial charge in [-0.05, 0) is 35.9 Å². The van der Waals surface area contributed by atoms with Gasteiger partial charge in [0.05, 0.1) is 17.2 Å². The Morgan fingerprint density at radius 1 is 1.00 bits per heavy atom. The van der Waals surface area contributed by atoms with Crippen LogP contribution < -0.4 is 5.32 Å². The van der Waals surface area contributed by atoms with E-state index in [1.54, 1.807) is 30.5 Å². The van der Waals surface area contributed by atoms with Crippen LogP contribution in [0, 0.1) is 0 Å². The second-order valence-corrected chi connectivity index (χ2v) is 9.33. The first kappa shape index (κ1) is 22.1. The van der Waals surface area contributed by atoms with Gasteiger partial charge < -0.3 is 10.3 Å². The highest BCUT2D eigenvalue weighted by Crippen LogP contribution is 2.29. The number of para-hydroxylation sites is 1. The highest BCUT2D eigenvalue weighted by atomic mass is 35.5. The van der Waals surface area contributed by atoms with E-state index in [9.17, 15) is 9.59 Å². The Morgan fingerprint density at radius 2 is 1.74 bits per heavy atom. The third-order valence-corrected chi connectivity index (χ3v) is 6.78. The van der Waals surface area contributed by atoms with Crippen LogP contribution in [0.25, 0.3) is 22.2 Å². The smallest absolute Gasteiger partial charge is 0.240 e. The molecule has 0 spiro atoms. The number of Topliss-reactive ketones (excluding diaryl/α,β-unsaturated/α-hetero) is 1. The maximum Gasteiger partial charge on any atom is 0.240 e. The summed E-state index contributed by atoms with van der Waals surface area (Å²) in [4.78, 5) is 28.3. The number of carbonyl (C=O) groups excluding carboxylic acids is 2. The molecule has 1 atom stereocenters. The van der Waals surface area contributed by atoms with Crippen LogP contribution in [0.3, 0.4) is 0 Å². The first-order chi connectivity index (χ1) is 16.6.